The Morgan fingerprint density at radius 1 is 1.20 bits per heavy atom. The molecule has 0 aromatic heterocycles. The molecule has 0 bridgehead atoms. The molecule has 1 heterocycles. The van der Waals surface area contributed by atoms with Gasteiger partial charge < -0.3 is 4.90 Å². The van der Waals surface area contributed by atoms with Crippen molar-refractivity contribution >= 4 is 45.0 Å². The van der Waals surface area contributed by atoms with Crippen LogP contribution in [0.25, 0.3) is 0 Å². The highest BCUT2D eigenvalue weighted by Gasteiger charge is 2.50. The van der Waals surface area contributed by atoms with E-state index in [1.54, 1.807) is 18.2 Å². The van der Waals surface area contributed by atoms with Crippen LogP contribution in [-0.4, -0.2) is 37.2 Å². The maximum Gasteiger partial charge on any atom is 0.264 e. The van der Waals surface area contributed by atoms with E-state index in [1.165, 1.54) is 24.0 Å². The maximum atomic E-state index is 13.3. The van der Waals surface area contributed by atoms with Crippen LogP contribution >= 0.6 is 23.2 Å². The van der Waals surface area contributed by atoms with E-state index < -0.39 is 27.3 Å². The number of carbonyl (C=O) groups excluding carboxylic acids is 2. The molecule has 3 rings (SSSR count). The molecule has 2 aromatic carbocycles. The van der Waals surface area contributed by atoms with E-state index in [0.717, 1.165) is 17.7 Å². The zero-order chi connectivity index (χ0) is 22.1. The number of benzene rings is 2. The number of nitrogens with zero attached hydrogens (tertiary/aromatic N) is 1. The molecular formula is C20H19Cl2FN2O4S. The molecule has 1 unspecified atom stereocenters. The van der Waals surface area contributed by atoms with E-state index in [0.29, 0.717) is 29.4 Å². The average molecular weight is 473 g/mol. The average Bonchev–Trinajstić information content (AvgIpc) is 2.65. The maximum absolute atomic E-state index is 13.3. The predicted octanol–water partition coefficient (Wildman–Crippen LogP) is 3.56. The van der Waals surface area contributed by atoms with Gasteiger partial charge in [0.15, 0.2) is 0 Å². The summed E-state index contributed by atoms with van der Waals surface area (Å²) < 4.78 is 40.1. The number of aryl methyl sites for hydroxylation is 1. The van der Waals surface area contributed by atoms with Crippen molar-refractivity contribution in [2.75, 3.05) is 6.54 Å². The molecule has 30 heavy (non-hydrogen) atoms. The van der Waals surface area contributed by atoms with Crippen LogP contribution in [0.15, 0.2) is 47.4 Å². The standard InChI is InChI=1S/C20H19Cl2FN2O4S/c1-20(19(27)24-30(28,29)16-4-2-3-15(23)12-16)9-10-25(20)18(26)8-6-13-5-7-14(21)11-17(13)22/h2-5,7,11-12H,6,8-10H2,1H3,(H,24,27). The second-order valence-electron chi connectivity index (χ2n) is 7.20. The second kappa shape index (κ2) is 8.53. The zero-order valence-corrected chi connectivity index (χ0v) is 18.3. The van der Waals surface area contributed by atoms with Gasteiger partial charge >= 0.3 is 0 Å². The van der Waals surface area contributed by atoms with Gasteiger partial charge in [0.05, 0.1) is 4.90 Å². The lowest BCUT2D eigenvalue weighted by molar-refractivity contribution is -0.156. The van der Waals surface area contributed by atoms with Gasteiger partial charge in [-0.2, -0.15) is 0 Å². The number of amides is 2. The third kappa shape index (κ3) is 4.61. The minimum Gasteiger partial charge on any atom is -0.328 e. The zero-order valence-electron chi connectivity index (χ0n) is 16.0. The Kier molecular flexibility index (Phi) is 6.40. The first-order valence-electron chi connectivity index (χ1n) is 9.10. The number of hydrogen-bond acceptors (Lipinski definition) is 4. The first kappa shape index (κ1) is 22.5. The number of sulfonamides is 1. The van der Waals surface area contributed by atoms with Gasteiger partial charge in [0.25, 0.3) is 15.9 Å². The van der Waals surface area contributed by atoms with Gasteiger partial charge in [-0.1, -0.05) is 35.3 Å². The summed E-state index contributed by atoms with van der Waals surface area (Å²) in [6.07, 6.45) is 0.760. The fourth-order valence-electron chi connectivity index (χ4n) is 3.22. The molecule has 1 aliphatic heterocycles. The number of hydrogen-bond donors (Lipinski definition) is 1. The topological polar surface area (TPSA) is 83.6 Å². The molecule has 1 aliphatic rings. The van der Waals surface area contributed by atoms with E-state index >= 15 is 0 Å². The molecule has 1 saturated heterocycles. The molecular weight excluding hydrogens is 454 g/mol. The second-order valence-corrected chi connectivity index (χ2v) is 9.72. The summed E-state index contributed by atoms with van der Waals surface area (Å²) in [5, 5.41) is 0.933. The predicted molar refractivity (Wildman–Crippen MR) is 111 cm³/mol. The van der Waals surface area contributed by atoms with Gasteiger partial charge in [-0.05, 0) is 55.7 Å². The van der Waals surface area contributed by atoms with Gasteiger partial charge in [0.1, 0.15) is 11.4 Å². The first-order chi connectivity index (χ1) is 14.0. The van der Waals surface area contributed by atoms with Crippen LogP contribution in [0.4, 0.5) is 4.39 Å². The number of nitrogens with one attached hydrogen (secondary N) is 1. The van der Waals surface area contributed by atoms with E-state index in [9.17, 15) is 22.4 Å². The Bertz CT molecular complexity index is 1110. The van der Waals surface area contributed by atoms with E-state index in [-0.39, 0.29) is 17.2 Å². The van der Waals surface area contributed by atoms with Crippen LogP contribution < -0.4 is 4.72 Å². The molecule has 6 nitrogen and oxygen atoms in total. The number of halogens is 3. The summed E-state index contributed by atoms with van der Waals surface area (Å²) in [5.41, 5.74) is -0.559. The van der Waals surface area contributed by atoms with E-state index in [4.69, 9.17) is 23.2 Å². The van der Waals surface area contributed by atoms with Crippen molar-refractivity contribution in [3.63, 3.8) is 0 Å². The molecule has 0 radical (unpaired) electrons. The van der Waals surface area contributed by atoms with Crippen LogP contribution in [0.1, 0.15) is 25.3 Å². The smallest absolute Gasteiger partial charge is 0.264 e. The van der Waals surface area contributed by atoms with Crippen LogP contribution in [-0.2, 0) is 26.0 Å². The monoisotopic (exact) mass is 472 g/mol. The number of carbonyl (C=O) groups is 2. The molecule has 1 fully saturated rings. The largest absolute Gasteiger partial charge is 0.328 e. The highest BCUT2D eigenvalue weighted by Crippen LogP contribution is 2.32. The third-order valence-corrected chi connectivity index (χ3v) is 7.08. The van der Waals surface area contributed by atoms with Crippen molar-refractivity contribution in [3.8, 4) is 0 Å². The molecule has 160 valence electrons. The molecule has 0 spiro atoms. The highest BCUT2D eigenvalue weighted by atomic mass is 35.5. The minimum atomic E-state index is -4.26. The van der Waals surface area contributed by atoms with Crippen molar-refractivity contribution in [2.24, 2.45) is 0 Å². The van der Waals surface area contributed by atoms with Gasteiger partial charge in [0.2, 0.25) is 5.91 Å². The van der Waals surface area contributed by atoms with E-state index in [1.807, 2.05) is 4.72 Å². The molecule has 0 aliphatic carbocycles. The quantitative estimate of drug-likeness (QED) is 0.696. The third-order valence-electron chi connectivity index (χ3n) is 5.16. The lowest BCUT2D eigenvalue weighted by Crippen LogP contribution is -2.67. The lowest BCUT2D eigenvalue weighted by Gasteiger charge is -2.49. The molecule has 1 N–H and O–H groups in total. The molecule has 2 amide bonds. The Morgan fingerprint density at radius 2 is 1.93 bits per heavy atom. The van der Waals surface area contributed by atoms with Gasteiger partial charge in [-0.15, -0.1) is 0 Å². The lowest BCUT2D eigenvalue weighted by atomic mass is 9.85. The van der Waals surface area contributed by atoms with Crippen molar-refractivity contribution in [1.29, 1.82) is 0 Å². The summed E-state index contributed by atoms with van der Waals surface area (Å²) in [6.45, 7) is 1.83. The fraction of sp³-hybridized carbons (Fsp3) is 0.300. The van der Waals surface area contributed by atoms with Gasteiger partial charge in [-0.25, -0.2) is 17.5 Å². The Hall–Kier alpha value is -2.16. The van der Waals surface area contributed by atoms with Crippen LogP contribution in [0, 0.1) is 5.82 Å². The summed E-state index contributed by atoms with van der Waals surface area (Å²) in [7, 11) is -4.26. The van der Waals surface area contributed by atoms with Crippen LogP contribution in [0.2, 0.25) is 10.0 Å². The van der Waals surface area contributed by atoms with Crippen molar-refractivity contribution in [1.82, 2.24) is 9.62 Å². The van der Waals surface area contributed by atoms with Gasteiger partial charge in [0, 0.05) is 23.0 Å². The summed E-state index contributed by atoms with van der Waals surface area (Å²) in [6, 6.07) is 9.31. The first-order valence-corrected chi connectivity index (χ1v) is 11.3. The minimum absolute atomic E-state index is 0.0981. The van der Waals surface area contributed by atoms with Crippen molar-refractivity contribution in [2.45, 2.75) is 36.6 Å². The summed E-state index contributed by atoms with van der Waals surface area (Å²) in [4.78, 5) is 26.3. The van der Waals surface area contributed by atoms with Crippen LogP contribution in [0.3, 0.4) is 0 Å². The highest BCUT2D eigenvalue weighted by molar-refractivity contribution is 7.90. The number of likely N-dealkylation sites (tertiary alicyclic amines) is 1. The SMILES string of the molecule is CC1(C(=O)NS(=O)(=O)c2cccc(F)c2)CCN1C(=O)CCc1ccc(Cl)cc1Cl. The van der Waals surface area contributed by atoms with E-state index in [2.05, 4.69) is 0 Å². The number of rotatable bonds is 6. The molecule has 10 heteroatoms. The van der Waals surface area contributed by atoms with Crippen molar-refractivity contribution in [3.05, 3.63) is 63.9 Å². The molecule has 0 saturated carbocycles. The fourth-order valence-corrected chi connectivity index (χ4v) is 4.83. The summed E-state index contributed by atoms with van der Waals surface area (Å²) >= 11 is 12.0. The molecule has 1 atom stereocenters. The summed E-state index contributed by atoms with van der Waals surface area (Å²) in [5.74, 6) is -1.87. The Balaban J connectivity index is 1.67. The Morgan fingerprint density at radius 3 is 2.53 bits per heavy atom. The van der Waals surface area contributed by atoms with Crippen molar-refractivity contribution < 1.29 is 22.4 Å². The van der Waals surface area contributed by atoms with Crippen LogP contribution in [0.5, 0.6) is 0 Å². The normalized spacial score (nSPS) is 18.6. The van der Waals surface area contributed by atoms with Gasteiger partial charge in [-0.3, -0.25) is 9.59 Å². The Labute approximate surface area is 184 Å². The molecule has 2 aromatic rings.